The number of hydrogen-bond donors (Lipinski definition) is 2. The van der Waals surface area contributed by atoms with Gasteiger partial charge in [-0.05, 0) is 19.3 Å². The summed E-state index contributed by atoms with van der Waals surface area (Å²) in [5.74, 6) is 1.39. The fraction of sp³-hybridized carbons (Fsp3) is 0.500. The predicted molar refractivity (Wildman–Crippen MR) is 95.0 cm³/mol. The summed E-state index contributed by atoms with van der Waals surface area (Å²) < 4.78 is 0. The van der Waals surface area contributed by atoms with E-state index in [0.29, 0.717) is 17.6 Å². The summed E-state index contributed by atoms with van der Waals surface area (Å²) in [7, 11) is 0. The summed E-state index contributed by atoms with van der Waals surface area (Å²) in [5, 5.41) is 4.73. The summed E-state index contributed by atoms with van der Waals surface area (Å²) >= 11 is 1.79. The van der Waals surface area contributed by atoms with Crippen molar-refractivity contribution in [3.63, 3.8) is 0 Å². The quantitative estimate of drug-likeness (QED) is 0.757. The standard InChI is InChI=1S/C16H21N7S/c1-10-6-23(7-12-5-17-11(2)24-12)4-3-13(10)22-16-14-15(19-8-18-14)20-9-21-16/h5,8-10,13H,3-4,6-7H2,1-2H3,(H2,18,19,20,21,22)/t10-,13+/m1/s1. The molecule has 0 amide bonds. The Bertz CT molecular complexity index is 827. The van der Waals surface area contributed by atoms with Crippen LogP contribution in [-0.4, -0.2) is 49.0 Å². The largest absolute Gasteiger partial charge is 0.365 e. The first kappa shape index (κ1) is 15.5. The molecule has 1 aliphatic heterocycles. The monoisotopic (exact) mass is 343 g/mol. The lowest BCUT2D eigenvalue weighted by Crippen LogP contribution is -2.44. The molecular formula is C16H21N7S. The molecule has 4 rings (SSSR count). The smallest absolute Gasteiger partial charge is 0.182 e. The highest BCUT2D eigenvalue weighted by molar-refractivity contribution is 7.11. The van der Waals surface area contributed by atoms with Gasteiger partial charge in [-0.15, -0.1) is 11.3 Å². The number of imidazole rings is 1. The maximum absolute atomic E-state index is 4.38. The van der Waals surface area contributed by atoms with Gasteiger partial charge in [-0.3, -0.25) is 4.90 Å². The van der Waals surface area contributed by atoms with Crippen molar-refractivity contribution >= 4 is 28.3 Å². The van der Waals surface area contributed by atoms with Gasteiger partial charge >= 0.3 is 0 Å². The van der Waals surface area contributed by atoms with E-state index >= 15 is 0 Å². The van der Waals surface area contributed by atoms with Gasteiger partial charge in [-0.1, -0.05) is 6.92 Å². The molecule has 1 fully saturated rings. The van der Waals surface area contributed by atoms with E-state index in [0.717, 1.165) is 42.4 Å². The SMILES string of the molecule is Cc1ncc(CN2CC[C@H](Nc3ncnc4nc[nH]c34)[C@H](C)C2)s1. The van der Waals surface area contributed by atoms with E-state index in [-0.39, 0.29) is 0 Å². The first-order valence-electron chi connectivity index (χ1n) is 8.23. The summed E-state index contributed by atoms with van der Waals surface area (Å²) in [6.45, 7) is 7.51. The number of likely N-dealkylation sites (tertiary alicyclic amines) is 1. The number of anilines is 1. The normalized spacial score (nSPS) is 22.1. The van der Waals surface area contributed by atoms with Crippen LogP contribution in [0.3, 0.4) is 0 Å². The fourth-order valence-electron chi connectivity index (χ4n) is 3.34. The Labute approximate surface area is 144 Å². The van der Waals surface area contributed by atoms with Gasteiger partial charge in [-0.2, -0.15) is 0 Å². The predicted octanol–water partition coefficient (Wildman–Crippen LogP) is 2.44. The van der Waals surface area contributed by atoms with E-state index < -0.39 is 0 Å². The van der Waals surface area contributed by atoms with Gasteiger partial charge in [0.25, 0.3) is 0 Å². The number of piperidine rings is 1. The zero-order chi connectivity index (χ0) is 16.5. The fourth-order valence-corrected chi connectivity index (χ4v) is 4.18. The average Bonchev–Trinajstić information content (AvgIpc) is 3.19. The minimum Gasteiger partial charge on any atom is -0.365 e. The molecule has 0 radical (unpaired) electrons. The van der Waals surface area contributed by atoms with E-state index in [9.17, 15) is 0 Å². The van der Waals surface area contributed by atoms with Gasteiger partial charge in [0.15, 0.2) is 11.5 Å². The van der Waals surface area contributed by atoms with Crippen molar-refractivity contribution < 1.29 is 0 Å². The van der Waals surface area contributed by atoms with Crippen LogP contribution in [0.5, 0.6) is 0 Å². The Balaban J connectivity index is 1.41. The summed E-state index contributed by atoms with van der Waals surface area (Å²) in [4.78, 5) is 24.1. The molecule has 3 aromatic heterocycles. The van der Waals surface area contributed by atoms with E-state index in [1.807, 2.05) is 6.20 Å². The van der Waals surface area contributed by atoms with Crippen LogP contribution >= 0.6 is 11.3 Å². The molecule has 1 aliphatic rings. The molecule has 0 saturated carbocycles. The van der Waals surface area contributed by atoms with Crippen LogP contribution in [0.1, 0.15) is 23.2 Å². The molecule has 3 aromatic rings. The van der Waals surface area contributed by atoms with E-state index in [2.05, 4.69) is 49.0 Å². The molecule has 2 atom stereocenters. The molecule has 4 heterocycles. The molecular weight excluding hydrogens is 322 g/mol. The summed E-state index contributed by atoms with van der Waals surface area (Å²) in [6, 6.07) is 0.408. The highest BCUT2D eigenvalue weighted by Crippen LogP contribution is 2.25. The van der Waals surface area contributed by atoms with Crippen LogP contribution in [-0.2, 0) is 6.54 Å². The number of thiazole rings is 1. The van der Waals surface area contributed by atoms with Crippen LogP contribution in [0.15, 0.2) is 18.9 Å². The minimum absolute atomic E-state index is 0.408. The van der Waals surface area contributed by atoms with Crippen molar-refractivity contribution in [3.05, 3.63) is 28.7 Å². The van der Waals surface area contributed by atoms with Crippen molar-refractivity contribution in [1.29, 1.82) is 0 Å². The number of aromatic amines is 1. The summed E-state index contributed by atoms with van der Waals surface area (Å²) in [5.41, 5.74) is 1.59. The number of nitrogens with zero attached hydrogens (tertiary/aromatic N) is 5. The molecule has 126 valence electrons. The lowest BCUT2D eigenvalue weighted by atomic mass is 9.93. The van der Waals surface area contributed by atoms with E-state index in [1.54, 1.807) is 24.0 Å². The molecule has 1 saturated heterocycles. The highest BCUT2D eigenvalue weighted by Gasteiger charge is 2.27. The highest BCUT2D eigenvalue weighted by atomic mass is 32.1. The van der Waals surface area contributed by atoms with Crippen molar-refractivity contribution in [2.75, 3.05) is 18.4 Å². The number of hydrogen-bond acceptors (Lipinski definition) is 7. The number of aryl methyl sites for hydroxylation is 1. The molecule has 2 N–H and O–H groups in total. The molecule has 24 heavy (non-hydrogen) atoms. The number of aromatic nitrogens is 5. The van der Waals surface area contributed by atoms with Gasteiger partial charge in [0.1, 0.15) is 11.8 Å². The molecule has 0 bridgehead atoms. The van der Waals surface area contributed by atoms with Crippen LogP contribution in [0.4, 0.5) is 5.82 Å². The lowest BCUT2D eigenvalue weighted by molar-refractivity contribution is 0.166. The summed E-state index contributed by atoms with van der Waals surface area (Å²) in [6.07, 6.45) is 6.33. The topological polar surface area (TPSA) is 82.6 Å². The van der Waals surface area contributed by atoms with Crippen molar-refractivity contribution in [2.24, 2.45) is 5.92 Å². The molecule has 0 unspecified atom stereocenters. The Morgan fingerprint density at radius 2 is 2.25 bits per heavy atom. The second kappa shape index (κ2) is 6.45. The third-order valence-electron chi connectivity index (χ3n) is 4.58. The molecule has 0 aromatic carbocycles. The maximum atomic E-state index is 4.38. The molecule has 0 spiro atoms. The first-order valence-corrected chi connectivity index (χ1v) is 9.05. The number of nitrogens with one attached hydrogen (secondary N) is 2. The zero-order valence-electron chi connectivity index (χ0n) is 13.9. The van der Waals surface area contributed by atoms with E-state index in [4.69, 9.17) is 0 Å². The number of H-pyrrole nitrogens is 1. The first-order chi connectivity index (χ1) is 11.7. The Kier molecular flexibility index (Phi) is 4.15. The average molecular weight is 343 g/mol. The van der Waals surface area contributed by atoms with Crippen LogP contribution in [0.2, 0.25) is 0 Å². The van der Waals surface area contributed by atoms with Crippen LogP contribution in [0, 0.1) is 12.8 Å². The maximum Gasteiger partial charge on any atom is 0.182 e. The van der Waals surface area contributed by atoms with Crippen molar-refractivity contribution in [2.45, 2.75) is 32.9 Å². The number of fused-ring (bicyclic) bond motifs is 1. The van der Waals surface area contributed by atoms with Gasteiger partial charge in [0, 0.05) is 36.8 Å². The third-order valence-corrected chi connectivity index (χ3v) is 5.48. The van der Waals surface area contributed by atoms with Crippen molar-refractivity contribution in [1.82, 2.24) is 29.8 Å². The molecule has 8 heteroatoms. The molecule has 7 nitrogen and oxygen atoms in total. The third kappa shape index (κ3) is 3.11. The van der Waals surface area contributed by atoms with Crippen LogP contribution in [0.25, 0.3) is 11.2 Å². The zero-order valence-corrected chi connectivity index (χ0v) is 14.7. The minimum atomic E-state index is 0.408. The van der Waals surface area contributed by atoms with E-state index in [1.165, 1.54) is 4.88 Å². The van der Waals surface area contributed by atoms with Crippen molar-refractivity contribution in [3.8, 4) is 0 Å². The van der Waals surface area contributed by atoms with Crippen LogP contribution < -0.4 is 5.32 Å². The van der Waals surface area contributed by atoms with Gasteiger partial charge < -0.3 is 10.3 Å². The lowest BCUT2D eigenvalue weighted by Gasteiger charge is -2.37. The Morgan fingerprint density at radius 3 is 3.04 bits per heavy atom. The second-order valence-electron chi connectivity index (χ2n) is 6.42. The Morgan fingerprint density at radius 1 is 1.33 bits per heavy atom. The Hall–Kier alpha value is -2.06. The number of rotatable bonds is 4. The molecule has 0 aliphatic carbocycles. The van der Waals surface area contributed by atoms with Gasteiger partial charge in [-0.25, -0.2) is 19.9 Å². The van der Waals surface area contributed by atoms with Gasteiger partial charge in [0.2, 0.25) is 0 Å². The second-order valence-corrected chi connectivity index (χ2v) is 7.74. The van der Waals surface area contributed by atoms with Gasteiger partial charge in [0.05, 0.1) is 11.3 Å².